The number of hydrogen-bond acceptors (Lipinski definition) is 3. The molecule has 1 atom stereocenters. The van der Waals surface area contributed by atoms with E-state index in [9.17, 15) is 0 Å². The van der Waals surface area contributed by atoms with E-state index < -0.39 is 0 Å². The molecular weight excluding hydrogens is 344 g/mol. The smallest absolute Gasteiger partial charge is 0.137 e. The van der Waals surface area contributed by atoms with E-state index in [1.54, 1.807) is 0 Å². The Balaban J connectivity index is 1.78. The number of nitrogens with two attached hydrogens (primary N) is 1. The first kappa shape index (κ1) is 19.0. The average molecular weight is 377 g/mol. The average Bonchev–Trinajstić information content (AvgIpc) is 3.06. The molecule has 1 aliphatic rings. The summed E-state index contributed by atoms with van der Waals surface area (Å²) in [6.07, 6.45) is 7.16. The molecule has 28 heavy (non-hydrogen) atoms. The van der Waals surface area contributed by atoms with E-state index in [0.717, 1.165) is 23.6 Å². The molecule has 3 aromatic rings. The largest absolute Gasteiger partial charge is 0.398 e. The minimum atomic E-state index is 0.535. The van der Waals surface area contributed by atoms with Crippen molar-refractivity contribution in [3.05, 3.63) is 53.9 Å². The number of imidazole rings is 1. The fourth-order valence-electron chi connectivity index (χ4n) is 4.44. The monoisotopic (exact) mass is 376 g/mol. The molecular formula is C24H32N4. The number of rotatable bonds is 5. The van der Waals surface area contributed by atoms with Gasteiger partial charge in [0.05, 0.1) is 11.4 Å². The highest BCUT2D eigenvalue weighted by Gasteiger charge is 2.24. The molecule has 0 bridgehead atoms. The zero-order valence-electron chi connectivity index (χ0n) is 17.4. The van der Waals surface area contributed by atoms with Crippen LogP contribution in [0, 0.1) is 0 Å². The molecule has 0 aliphatic carbocycles. The lowest BCUT2D eigenvalue weighted by molar-refractivity contribution is 0.134. The second-order valence-corrected chi connectivity index (χ2v) is 8.40. The zero-order valence-corrected chi connectivity index (χ0v) is 17.4. The van der Waals surface area contributed by atoms with Crippen LogP contribution < -0.4 is 5.73 Å². The highest BCUT2D eigenvalue weighted by atomic mass is 15.2. The summed E-state index contributed by atoms with van der Waals surface area (Å²) in [6.45, 7) is 8.86. The fraction of sp³-hybridized carbons (Fsp3) is 0.458. The molecule has 1 aromatic carbocycles. The van der Waals surface area contributed by atoms with Crippen LogP contribution in [0.4, 0.5) is 5.69 Å². The van der Waals surface area contributed by atoms with Crippen molar-refractivity contribution < 1.29 is 0 Å². The van der Waals surface area contributed by atoms with Crippen LogP contribution >= 0.6 is 0 Å². The predicted molar refractivity (Wildman–Crippen MR) is 117 cm³/mol. The van der Waals surface area contributed by atoms with Gasteiger partial charge in [0.1, 0.15) is 5.65 Å². The number of anilines is 1. The minimum absolute atomic E-state index is 0.535. The van der Waals surface area contributed by atoms with Gasteiger partial charge in [0.15, 0.2) is 0 Å². The second-order valence-electron chi connectivity index (χ2n) is 8.40. The Morgan fingerprint density at radius 2 is 1.89 bits per heavy atom. The van der Waals surface area contributed by atoms with Crippen molar-refractivity contribution in [2.75, 3.05) is 12.3 Å². The maximum atomic E-state index is 6.12. The molecule has 4 rings (SSSR count). The highest BCUT2D eigenvalue weighted by molar-refractivity contribution is 5.67. The maximum absolute atomic E-state index is 6.12. The third kappa shape index (κ3) is 3.66. The van der Waals surface area contributed by atoms with Crippen molar-refractivity contribution in [2.45, 2.75) is 65.0 Å². The lowest BCUT2D eigenvalue weighted by Gasteiger charge is -2.35. The van der Waals surface area contributed by atoms with Gasteiger partial charge in [-0.05, 0) is 49.4 Å². The number of aromatic nitrogens is 2. The van der Waals surface area contributed by atoms with Crippen molar-refractivity contribution in [1.29, 1.82) is 0 Å². The Hall–Kier alpha value is -2.33. The highest BCUT2D eigenvalue weighted by Crippen LogP contribution is 2.30. The number of likely N-dealkylation sites (tertiary alicyclic amines) is 1. The minimum Gasteiger partial charge on any atom is -0.398 e. The van der Waals surface area contributed by atoms with Crippen molar-refractivity contribution in [1.82, 2.24) is 14.3 Å². The SMILES string of the molecule is CCC1CCCCN1Cc1c(-c2ccc(C(C)C)cc2)nc2ccc(N)cn12. The van der Waals surface area contributed by atoms with E-state index in [0.29, 0.717) is 12.0 Å². The van der Waals surface area contributed by atoms with E-state index >= 15 is 0 Å². The van der Waals surface area contributed by atoms with Gasteiger partial charge >= 0.3 is 0 Å². The first-order valence-electron chi connectivity index (χ1n) is 10.7. The standard InChI is InChI=1S/C24H32N4/c1-4-21-7-5-6-14-27(21)16-22-24(19-10-8-18(9-11-19)17(2)3)26-23-13-12-20(25)15-28(22)23/h8-13,15,17,21H,4-7,14,16,25H2,1-3H3. The van der Waals surface area contributed by atoms with Gasteiger partial charge in [-0.2, -0.15) is 0 Å². The Morgan fingerprint density at radius 1 is 1.11 bits per heavy atom. The lowest BCUT2D eigenvalue weighted by Crippen LogP contribution is -2.38. The molecule has 0 radical (unpaired) electrons. The fourth-order valence-corrected chi connectivity index (χ4v) is 4.44. The summed E-state index contributed by atoms with van der Waals surface area (Å²) in [7, 11) is 0. The number of benzene rings is 1. The van der Waals surface area contributed by atoms with E-state index in [2.05, 4.69) is 54.3 Å². The third-order valence-corrected chi connectivity index (χ3v) is 6.16. The zero-order chi connectivity index (χ0) is 19.7. The van der Waals surface area contributed by atoms with Gasteiger partial charge in [-0.1, -0.05) is 51.5 Å². The lowest BCUT2D eigenvalue weighted by atomic mass is 9.98. The van der Waals surface area contributed by atoms with Gasteiger partial charge < -0.3 is 10.1 Å². The molecule has 3 heterocycles. The predicted octanol–water partition coefficient (Wildman–Crippen LogP) is 5.47. The van der Waals surface area contributed by atoms with E-state index in [1.807, 2.05) is 18.3 Å². The molecule has 4 heteroatoms. The molecule has 0 saturated carbocycles. The third-order valence-electron chi connectivity index (χ3n) is 6.16. The summed E-state index contributed by atoms with van der Waals surface area (Å²) in [5.41, 5.74) is 12.7. The van der Waals surface area contributed by atoms with Crippen molar-refractivity contribution >= 4 is 11.3 Å². The molecule has 1 unspecified atom stereocenters. The molecule has 2 N–H and O–H groups in total. The summed E-state index contributed by atoms with van der Waals surface area (Å²) in [5, 5.41) is 0. The van der Waals surface area contributed by atoms with Gasteiger partial charge in [0, 0.05) is 30.0 Å². The first-order valence-corrected chi connectivity index (χ1v) is 10.7. The normalized spacial score (nSPS) is 18.2. The van der Waals surface area contributed by atoms with Crippen molar-refractivity contribution in [3.63, 3.8) is 0 Å². The van der Waals surface area contributed by atoms with Gasteiger partial charge in [0.25, 0.3) is 0 Å². The van der Waals surface area contributed by atoms with Gasteiger partial charge in [0.2, 0.25) is 0 Å². The van der Waals surface area contributed by atoms with E-state index in [4.69, 9.17) is 10.7 Å². The molecule has 1 fully saturated rings. The summed E-state index contributed by atoms with van der Waals surface area (Å²) in [6, 6.07) is 13.5. The Bertz CT molecular complexity index is 939. The van der Waals surface area contributed by atoms with Crippen LogP contribution in [0.5, 0.6) is 0 Å². The first-order chi connectivity index (χ1) is 13.6. The Labute approximate surface area is 168 Å². The molecule has 4 nitrogen and oxygen atoms in total. The number of pyridine rings is 1. The van der Waals surface area contributed by atoms with Crippen LogP contribution in [0.3, 0.4) is 0 Å². The summed E-state index contributed by atoms with van der Waals surface area (Å²) >= 11 is 0. The van der Waals surface area contributed by atoms with Gasteiger partial charge in [-0.15, -0.1) is 0 Å². The summed E-state index contributed by atoms with van der Waals surface area (Å²) < 4.78 is 2.20. The van der Waals surface area contributed by atoms with Crippen LogP contribution in [0.1, 0.15) is 63.6 Å². The van der Waals surface area contributed by atoms with Crippen LogP contribution in [-0.4, -0.2) is 26.9 Å². The number of hydrogen-bond donors (Lipinski definition) is 1. The van der Waals surface area contributed by atoms with Crippen molar-refractivity contribution in [3.8, 4) is 11.3 Å². The molecule has 0 spiro atoms. The van der Waals surface area contributed by atoms with Crippen LogP contribution in [-0.2, 0) is 6.54 Å². The van der Waals surface area contributed by atoms with Crippen LogP contribution in [0.25, 0.3) is 16.9 Å². The Kier molecular flexibility index (Phi) is 5.40. The molecule has 148 valence electrons. The quantitative estimate of drug-likeness (QED) is 0.642. The van der Waals surface area contributed by atoms with Crippen molar-refractivity contribution in [2.24, 2.45) is 0 Å². The second kappa shape index (κ2) is 7.96. The van der Waals surface area contributed by atoms with Gasteiger partial charge in [-0.3, -0.25) is 4.90 Å². The molecule has 0 amide bonds. The topological polar surface area (TPSA) is 46.6 Å². The molecule has 1 aliphatic heterocycles. The summed E-state index contributed by atoms with van der Waals surface area (Å²) in [4.78, 5) is 7.64. The van der Waals surface area contributed by atoms with E-state index in [-0.39, 0.29) is 0 Å². The number of nitrogens with zero attached hydrogens (tertiary/aromatic N) is 3. The maximum Gasteiger partial charge on any atom is 0.137 e. The van der Waals surface area contributed by atoms with Crippen LogP contribution in [0.15, 0.2) is 42.6 Å². The molecule has 1 saturated heterocycles. The van der Waals surface area contributed by atoms with E-state index in [1.165, 1.54) is 49.0 Å². The number of piperidine rings is 1. The summed E-state index contributed by atoms with van der Waals surface area (Å²) in [5.74, 6) is 0.535. The number of fused-ring (bicyclic) bond motifs is 1. The Morgan fingerprint density at radius 3 is 2.61 bits per heavy atom. The van der Waals surface area contributed by atoms with Gasteiger partial charge in [-0.25, -0.2) is 4.98 Å². The van der Waals surface area contributed by atoms with Crippen LogP contribution in [0.2, 0.25) is 0 Å². The molecule has 2 aromatic heterocycles. The number of nitrogen functional groups attached to an aromatic ring is 1.